The molecule has 0 saturated carbocycles. The first kappa shape index (κ1) is 21.0. The molecule has 0 aromatic heterocycles. The maximum Gasteiger partial charge on any atom is 0.0135 e. The number of unbranched alkanes of at least 4 members (excludes halogenated alkanes) is 10. The Morgan fingerprint density at radius 2 is 0.957 bits per heavy atom. The summed E-state index contributed by atoms with van der Waals surface area (Å²) in [5.74, 6) is 0. The lowest BCUT2D eigenvalue weighted by atomic mass is 10.00. The highest BCUT2D eigenvalue weighted by Gasteiger charge is 2.01. The molecule has 1 aromatic rings. The second kappa shape index (κ2) is 14.3. The van der Waals surface area contributed by atoms with Gasteiger partial charge in [0, 0.05) is 3.57 Å². The van der Waals surface area contributed by atoms with Crippen LogP contribution in [0.3, 0.4) is 0 Å². The molecule has 0 aliphatic rings. The zero-order chi connectivity index (χ0) is 16.8. The zero-order valence-electron chi connectivity index (χ0n) is 15.5. The number of benzene rings is 1. The summed E-state index contributed by atoms with van der Waals surface area (Å²) < 4.78 is 1.42. The van der Waals surface area contributed by atoms with Gasteiger partial charge in [-0.25, -0.2) is 0 Å². The second-order valence-corrected chi connectivity index (χ2v) is 8.25. The first-order chi connectivity index (χ1) is 11.3. The zero-order valence-corrected chi connectivity index (χ0v) is 17.7. The Balaban J connectivity index is 2.25. The van der Waals surface area contributed by atoms with E-state index in [9.17, 15) is 0 Å². The van der Waals surface area contributed by atoms with Gasteiger partial charge >= 0.3 is 0 Å². The van der Waals surface area contributed by atoms with Gasteiger partial charge in [0.2, 0.25) is 0 Å². The van der Waals surface area contributed by atoms with E-state index in [4.69, 9.17) is 0 Å². The first-order valence-corrected chi connectivity index (χ1v) is 11.1. The molecule has 0 aliphatic heterocycles. The van der Waals surface area contributed by atoms with Crippen molar-refractivity contribution in [2.24, 2.45) is 0 Å². The summed E-state index contributed by atoms with van der Waals surface area (Å²) in [6.07, 6.45) is 19.3. The molecule has 0 bridgehead atoms. The SMILES string of the molecule is CCCCCCCCc1cc(I)cc(CCCCCCCC)c1. The maximum atomic E-state index is 2.49. The Kier molecular flexibility index (Phi) is 13.1. The van der Waals surface area contributed by atoms with Crippen LogP contribution in [0.25, 0.3) is 0 Å². The minimum Gasteiger partial charge on any atom is -0.0654 e. The van der Waals surface area contributed by atoms with E-state index in [1.54, 1.807) is 11.1 Å². The van der Waals surface area contributed by atoms with Gasteiger partial charge in [0.25, 0.3) is 0 Å². The third-order valence-corrected chi connectivity index (χ3v) is 5.28. The van der Waals surface area contributed by atoms with Crippen LogP contribution in [0.4, 0.5) is 0 Å². The van der Waals surface area contributed by atoms with Crippen molar-refractivity contribution in [2.45, 2.75) is 104 Å². The van der Waals surface area contributed by atoms with Crippen LogP contribution in [0.15, 0.2) is 18.2 Å². The molecular formula is C22H37I. The Labute approximate surface area is 159 Å². The molecule has 0 N–H and O–H groups in total. The van der Waals surface area contributed by atoms with E-state index in [0.29, 0.717) is 0 Å². The summed E-state index contributed by atoms with van der Waals surface area (Å²) in [7, 11) is 0. The van der Waals surface area contributed by atoms with E-state index in [2.05, 4.69) is 54.6 Å². The average Bonchev–Trinajstić information content (AvgIpc) is 2.53. The van der Waals surface area contributed by atoms with Gasteiger partial charge in [-0.05, 0) is 71.5 Å². The van der Waals surface area contributed by atoms with Crippen LogP contribution < -0.4 is 0 Å². The highest BCUT2D eigenvalue weighted by Crippen LogP contribution is 2.18. The van der Waals surface area contributed by atoms with E-state index >= 15 is 0 Å². The van der Waals surface area contributed by atoms with Gasteiger partial charge in [-0.1, -0.05) is 84.1 Å². The Morgan fingerprint density at radius 3 is 1.39 bits per heavy atom. The van der Waals surface area contributed by atoms with Gasteiger partial charge in [-0.15, -0.1) is 0 Å². The van der Waals surface area contributed by atoms with Gasteiger partial charge in [0.15, 0.2) is 0 Å². The molecule has 0 saturated heterocycles. The van der Waals surface area contributed by atoms with Crippen molar-refractivity contribution in [1.29, 1.82) is 0 Å². The van der Waals surface area contributed by atoms with Crippen molar-refractivity contribution in [3.05, 3.63) is 32.9 Å². The van der Waals surface area contributed by atoms with Crippen molar-refractivity contribution in [2.75, 3.05) is 0 Å². The number of halogens is 1. The minimum atomic E-state index is 1.27. The summed E-state index contributed by atoms with van der Waals surface area (Å²) in [5.41, 5.74) is 3.13. The second-order valence-electron chi connectivity index (χ2n) is 7.00. The molecule has 0 nitrogen and oxygen atoms in total. The normalized spacial score (nSPS) is 11.1. The Hall–Kier alpha value is -0.0500. The van der Waals surface area contributed by atoms with Crippen molar-refractivity contribution in [3.63, 3.8) is 0 Å². The summed E-state index contributed by atoms with van der Waals surface area (Å²) in [5, 5.41) is 0. The van der Waals surface area contributed by atoms with Crippen LogP contribution >= 0.6 is 22.6 Å². The van der Waals surface area contributed by atoms with Gasteiger partial charge < -0.3 is 0 Å². The van der Waals surface area contributed by atoms with Gasteiger partial charge in [-0.2, -0.15) is 0 Å². The summed E-state index contributed by atoms with van der Waals surface area (Å²) in [4.78, 5) is 0. The van der Waals surface area contributed by atoms with E-state index in [-0.39, 0.29) is 0 Å². The molecule has 132 valence electrons. The van der Waals surface area contributed by atoms with Crippen molar-refractivity contribution in [3.8, 4) is 0 Å². The molecule has 1 heteroatoms. The Morgan fingerprint density at radius 1 is 0.565 bits per heavy atom. The average molecular weight is 428 g/mol. The predicted molar refractivity (Wildman–Crippen MR) is 113 cm³/mol. The molecule has 0 unspecified atom stereocenters. The summed E-state index contributed by atoms with van der Waals surface area (Å²) >= 11 is 2.49. The van der Waals surface area contributed by atoms with Crippen LogP contribution in [0, 0.1) is 3.57 Å². The van der Waals surface area contributed by atoms with Crippen LogP contribution in [0.1, 0.15) is 102 Å². The van der Waals surface area contributed by atoms with Crippen molar-refractivity contribution >= 4 is 22.6 Å². The molecular weight excluding hydrogens is 391 g/mol. The van der Waals surface area contributed by atoms with Crippen LogP contribution in [-0.4, -0.2) is 0 Å². The van der Waals surface area contributed by atoms with Crippen molar-refractivity contribution < 1.29 is 0 Å². The monoisotopic (exact) mass is 428 g/mol. The number of aryl methyl sites for hydroxylation is 2. The van der Waals surface area contributed by atoms with Crippen LogP contribution in [0.5, 0.6) is 0 Å². The quantitative estimate of drug-likeness (QED) is 0.207. The number of rotatable bonds is 14. The fraction of sp³-hybridized carbons (Fsp3) is 0.727. The highest BCUT2D eigenvalue weighted by atomic mass is 127. The Bertz CT molecular complexity index is 363. The molecule has 23 heavy (non-hydrogen) atoms. The smallest absolute Gasteiger partial charge is 0.0135 e. The molecule has 0 radical (unpaired) electrons. The lowest BCUT2D eigenvalue weighted by Crippen LogP contribution is -1.93. The predicted octanol–water partition coefficient (Wildman–Crippen LogP) is 8.10. The molecule has 0 aliphatic carbocycles. The van der Waals surface area contributed by atoms with Crippen LogP contribution in [-0.2, 0) is 12.8 Å². The molecule has 1 aromatic carbocycles. The third kappa shape index (κ3) is 11.2. The molecule has 0 atom stereocenters. The molecule has 1 rings (SSSR count). The minimum absolute atomic E-state index is 1.27. The van der Waals surface area contributed by atoms with Gasteiger partial charge in [-0.3, -0.25) is 0 Å². The van der Waals surface area contributed by atoms with Crippen LogP contribution in [0.2, 0.25) is 0 Å². The summed E-state index contributed by atoms with van der Waals surface area (Å²) in [6, 6.07) is 7.24. The van der Waals surface area contributed by atoms with Crippen molar-refractivity contribution in [1.82, 2.24) is 0 Å². The maximum absolute atomic E-state index is 2.49. The fourth-order valence-corrected chi connectivity index (χ4v) is 4.02. The molecule has 0 heterocycles. The lowest BCUT2D eigenvalue weighted by Gasteiger charge is -2.08. The number of hydrogen-bond donors (Lipinski definition) is 0. The largest absolute Gasteiger partial charge is 0.0654 e. The van der Waals surface area contributed by atoms with E-state index in [0.717, 1.165) is 0 Å². The standard InChI is InChI=1S/C22H37I/c1-3-5-7-9-11-13-15-20-17-21(19-22(23)18-20)16-14-12-10-8-6-4-2/h17-19H,3-16H2,1-2H3. The third-order valence-electron chi connectivity index (χ3n) is 4.66. The highest BCUT2D eigenvalue weighted by molar-refractivity contribution is 14.1. The first-order valence-electron chi connectivity index (χ1n) is 10.0. The molecule has 0 spiro atoms. The van der Waals surface area contributed by atoms with E-state index < -0.39 is 0 Å². The fourth-order valence-electron chi connectivity index (χ4n) is 3.22. The van der Waals surface area contributed by atoms with Gasteiger partial charge in [0.05, 0.1) is 0 Å². The molecule has 0 fully saturated rings. The topological polar surface area (TPSA) is 0 Å². The summed E-state index contributed by atoms with van der Waals surface area (Å²) in [6.45, 7) is 4.58. The van der Waals surface area contributed by atoms with E-state index in [1.165, 1.54) is 93.5 Å². The molecule has 0 amide bonds. The number of hydrogen-bond acceptors (Lipinski definition) is 0. The lowest BCUT2D eigenvalue weighted by molar-refractivity contribution is 0.604. The van der Waals surface area contributed by atoms with E-state index in [1.807, 2.05) is 0 Å². The van der Waals surface area contributed by atoms with Gasteiger partial charge in [0.1, 0.15) is 0 Å².